The number of hydrogen-bond acceptors (Lipinski definition) is 0. The van der Waals surface area contributed by atoms with E-state index in [1.165, 1.54) is 0 Å². The summed E-state index contributed by atoms with van der Waals surface area (Å²) in [4.78, 5) is 0. The molecule has 1 aliphatic rings. The van der Waals surface area contributed by atoms with E-state index in [2.05, 4.69) is 18.2 Å². The number of rotatable bonds is 0. The van der Waals surface area contributed by atoms with Crippen molar-refractivity contribution in [3.8, 4) is 0 Å². The molecule has 0 aromatic carbocycles. The zero-order valence-electron chi connectivity index (χ0n) is 5.25. The van der Waals surface area contributed by atoms with Crippen LogP contribution in [-0.2, 0) is 0 Å². The molecule has 1 radical (unpaired) electrons. The molecule has 0 aliphatic heterocycles. The molecule has 0 spiro atoms. The average molecular weight is 117 g/mol. The van der Waals surface area contributed by atoms with Gasteiger partial charge in [-0.25, -0.2) is 0 Å². The zero-order valence-corrected chi connectivity index (χ0v) is 5.25. The van der Waals surface area contributed by atoms with Gasteiger partial charge in [-0.2, -0.15) is 0 Å². The number of allylic oxidation sites excluding steroid dienone is 8. The molecule has 0 atom stereocenters. The second-order valence-corrected chi connectivity index (χ2v) is 1.78. The molecule has 0 N–H and O–H groups in total. The standard InChI is InChI=1S/C9H9/c1-2-4-6-8-9-7-5-3-1/h1-5,8-9H,6H2. The van der Waals surface area contributed by atoms with Crippen LogP contribution in [0.15, 0.2) is 42.5 Å². The summed E-state index contributed by atoms with van der Waals surface area (Å²) in [5.74, 6) is 0. The van der Waals surface area contributed by atoms with E-state index in [4.69, 9.17) is 0 Å². The third kappa shape index (κ3) is 2.70. The minimum atomic E-state index is 1.01. The molecule has 0 heterocycles. The van der Waals surface area contributed by atoms with Crippen molar-refractivity contribution in [2.75, 3.05) is 0 Å². The van der Waals surface area contributed by atoms with Crippen molar-refractivity contribution < 1.29 is 0 Å². The Morgan fingerprint density at radius 1 is 1.00 bits per heavy atom. The van der Waals surface area contributed by atoms with Crippen LogP contribution >= 0.6 is 0 Å². The van der Waals surface area contributed by atoms with Crippen LogP contribution in [0.5, 0.6) is 0 Å². The van der Waals surface area contributed by atoms with Gasteiger partial charge in [-0.15, -0.1) is 0 Å². The average Bonchev–Trinajstić information content (AvgIpc) is 2.00. The van der Waals surface area contributed by atoms with Crippen molar-refractivity contribution in [3.05, 3.63) is 48.6 Å². The van der Waals surface area contributed by atoms with Crippen LogP contribution in [0.25, 0.3) is 0 Å². The van der Waals surface area contributed by atoms with E-state index >= 15 is 0 Å². The lowest BCUT2D eigenvalue weighted by molar-refractivity contribution is 1.39. The van der Waals surface area contributed by atoms with Crippen LogP contribution < -0.4 is 0 Å². The van der Waals surface area contributed by atoms with Gasteiger partial charge in [0, 0.05) is 0 Å². The summed E-state index contributed by atoms with van der Waals surface area (Å²) in [6.45, 7) is 0. The van der Waals surface area contributed by atoms with E-state index in [9.17, 15) is 0 Å². The predicted molar refractivity (Wildman–Crippen MR) is 39.9 cm³/mol. The molecule has 0 heteroatoms. The predicted octanol–water partition coefficient (Wildman–Crippen LogP) is 2.42. The molecule has 1 aliphatic carbocycles. The maximum atomic E-state index is 2.99. The van der Waals surface area contributed by atoms with Crippen LogP contribution in [0.3, 0.4) is 0 Å². The summed E-state index contributed by atoms with van der Waals surface area (Å²) in [7, 11) is 0. The molecule has 0 saturated heterocycles. The smallest absolute Gasteiger partial charge is 0.0163 e. The molecule has 0 nitrogen and oxygen atoms in total. The SMILES string of the molecule is [C]1=CC=CC=CCC=C1. The maximum Gasteiger partial charge on any atom is -0.0163 e. The molecule has 0 saturated carbocycles. The van der Waals surface area contributed by atoms with E-state index in [0.717, 1.165) is 6.42 Å². The van der Waals surface area contributed by atoms with Gasteiger partial charge in [-0.3, -0.25) is 0 Å². The van der Waals surface area contributed by atoms with Gasteiger partial charge in [0.15, 0.2) is 0 Å². The molecule has 1 rings (SSSR count). The highest BCUT2D eigenvalue weighted by atomic mass is 13.8. The second kappa shape index (κ2) is 3.90. The topological polar surface area (TPSA) is 0 Å². The molecule has 0 amide bonds. The fourth-order valence-corrected chi connectivity index (χ4v) is 0.603. The lowest BCUT2D eigenvalue weighted by atomic mass is 10.3. The van der Waals surface area contributed by atoms with Gasteiger partial charge in [0.05, 0.1) is 0 Å². The van der Waals surface area contributed by atoms with Gasteiger partial charge in [0.25, 0.3) is 0 Å². The van der Waals surface area contributed by atoms with E-state index in [0.29, 0.717) is 0 Å². The van der Waals surface area contributed by atoms with E-state index in [-0.39, 0.29) is 0 Å². The van der Waals surface area contributed by atoms with Crippen molar-refractivity contribution in [2.24, 2.45) is 0 Å². The van der Waals surface area contributed by atoms with Crippen molar-refractivity contribution in [1.82, 2.24) is 0 Å². The van der Waals surface area contributed by atoms with Crippen LogP contribution in [-0.4, -0.2) is 0 Å². The minimum Gasteiger partial charge on any atom is -0.0807 e. The Morgan fingerprint density at radius 2 is 2.00 bits per heavy atom. The fraction of sp³-hybridized carbons (Fsp3) is 0.111. The van der Waals surface area contributed by atoms with Gasteiger partial charge < -0.3 is 0 Å². The highest BCUT2D eigenvalue weighted by molar-refractivity contribution is 5.15. The maximum absolute atomic E-state index is 2.99. The van der Waals surface area contributed by atoms with Gasteiger partial charge in [0.1, 0.15) is 0 Å². The lowest BCUT2D eigenvalue weighted by Gasteiger charge is -1.74. The third-order valence-electron chi connectivity index (χ3n) is 1.04. The largest absolute Gasteiger partial charge is 0.0807 e. The third-order valence-corrected chi connectivity index (χ3v) is 1.04. The Morgan fingerprint density at radius 3 is 3.00 bits per heavy atom. The molecule has 0 unspecified atom stereocenters. The summed E-state index contributed by atoms with van der Waals surface area (Å²) >= 11 is 0. The van der Waals surface area contributed by atoms with Gasteiger partial charge in [-0.05, 0) is 12.5 Å². The van der Waals surface area contributed by atoms with Crippen LogP contribution in [0.1, 0.15) is 6.42 Å². The van der Waals surface area contributed by atoms with E-state index < -0.39 is 0 Å². The van der Waals surface area contributed by atoms with Gasteiger partial charge >= 0.3 is 0 Å². The Labute approximate surface area is 55.9 Å². The first-order chi connectivity index (χ1) is 4.50. The Hall–Kier alpha value is -1.04. The Balaban J connectivity index is 2.60. The van der Waals surface area contributed by atoms with Crippen LogP contribution in [0.2, 0.25) is 0 Å². The van der Waals surface area contributed by atoms with Crippen molar-refractivity contribution >= 4 is 0 Å². The highest BCUT2D eigenvalue weighted by Crippen LogP contribution is 1.90. The summed E-state index contributed by atoms with van der Waals surface area (Å²) < 4.78 is 0. The Bertz CT molecular complexity index is 148. The Kier molecular flexibility index (Phi) is 2.64. The summed E-state index contributed by atoms with van der Waals surface area (Å²) in [6.07, 6.45) is 18.0. The second-order valence-electron chi connectivity index (χ2n) is 1.78. The van der Waals surface area contributed by atoms with Crippen molar-refractivity contribution in [2.45, 2.75) is 6.42 Å². The summed E-state index contributed by atoms with van der Waals surface area (Å²) in [5, 5.41) is 0. The molecule has 45 valence electrons. The zero-order chi connectivity index (χ0) is 6.36. The molecule has 0 bridgehead atoms. The molecular formula is C9H9. The molecule has 0 aromatic heterocycles. The van der Waals surface area contributed by atoms with Crippen LogP contribution in [0.4, 0.5) is 0 Å². The number of hydrogen-bond donors (Lipinski definition) is 0. The first-order valence-corrected chi connectivity index (χ1v) is 3.06. The quantitative estimate of drug-likeness (QED) is 0.457. The normalized spacial score (nSPS) is 16.9. The minimum absolute atomic E-state index is 1.01. The van der Waals surface area contributed by atoms with Crippen molar-refractivity contribution in [1.29, 1.82) is 0 Å². The molecule has 0 fully saturated rings. The fourth-order valence-electron chi connectivity index (χ4n) is 0.603. The molecular weight excluding hydrogens is 108 g/mol. The monoisotopic (exact) mass is 117 g/mol. The van der Waals surface area contributed by atoms with Gasteiger partial charge in [0.2, 0.25) is 0 Å². The molecule has 9 heavy (non-hydrogen) atoms. The van der Waals surface area contributed by atoms with Crippen molar-refractivity contribution in [3.63, 3.8) is 0 Å². The summed E-state index contributed by atoms with van der Waals surface area (Å²) in [6, 6.07) is 0. The van der Waals surface area contributed by atoms with E-state index in [1.54, 1.807) is 0 Å². The van der Waals surface area contributed by atoms with Gasteiger partial charge in [-0.1, -0.05) is 42.5 Å². The lowest BCUT2D eigenvalue weighted by Crippen LogP contribution is -1.53. The molecule has 0 aromatic rings. The van der Waals surface area contributed by atoms with E-state index in [1.807, 2.05) is 30.4 Å². The first-order valence-electron chi connectivity index (χ1n) is 3.06. The summed E-state index contributed by atoms with van der Waals surface area (Å²) in [5.41, 5.74) is 0. The highest BCUT2D eigenvalue weighted by Gasteiger charge is 1.70. The van der Waals surface area contributed by atoms with Crippen LogP contribution in [0, 0.1) is 6.08 Å². The first kappa shape index (κ1) is 6.09.